The van der Waals surface area contributed by atoms with Gasteiger partial charge in [0, 0.05) is 38.6 Å². The second-order valence-electron chi connectivity index (χ2n) is 8.42. The molecule has 0 N–H and O–H groups in total. The molecular formula is C24H25N7O2. The van der Waals surface area contributed by atoms with Gasteiger partial charge in [0.25, 0.3) is 0 Å². The Hall–Kier alpha value is -3.77. The van der Waals surface area contributed by atoms with Gasteiger partial charge < -0.3 is 9.64 Å². The molecule has 1 unspecified atom stereocenters. The smallest absolute Gasteiger partial charge is 0.228 e. The number of hydrogen-bond donors (Lipinski definition) is 0. The summed E-state index contributed by atoms with van der Waals surface area (Å²) in [6.07, 6.45) is 2.89. The maximum Gasteiger partial charge on any atom is 0.228 e. The normalized spacial score (nSPS) is 18.3. The fraction of sp³-hybridized carbons (Fsp3) is 0.375. The standard InChI is InChI=1S/C24H25N7O2/c1-25-22-4-2-3-21-19(9-14-33-24(21)22)16-29-10-12-30(13-11-29)23(32)15-18-5-7-20(8-6-18)31-17-26-27-28-31/h2-8,17,19H,9-16H2. The number of amides is 1. The average Bonchev–Trinajstić information content (AvgIpc) is 3.40. The summed E-state index contributed by atoms with van der Waals surface area (Å²) in [6.45, 7) is 12.1. The molecule has 9 heteroatoms. The van der Waals surface area contributed by atoms with E-state index in [4.69, 9.17) is 11.3 Å². The number of carbonyl (C=O) groups excluding carboxylic acids is 1. The van der Waals surface area contributed by atoms with Crippen LogP contribution in [0, 0.1) is 6.57 Å². The topological polar surface area (TPSA) is 80.7 Å². The van der Waals surface area contributed by atoms with Crippen LogP contribution in [0.1, 0.15) is 23.5 Å². The van der Waals surface area contributed by atoms with E-state index in [2.05, 4.69) is 31.3 Å². The van der Waals surface area contributed by atoms with Crippen LogP contribution in [0.25, 0.3) is 10.5 Å². The second-order valence-corrected chi connectivity index (χ2v) is 8.42. The van der Waals surface area contributed by atoms with Crippen LogP contribution in [0.5, 0.6) is 5.75 Å². The quantitative estimate of drug-likeness (QED) is 0.564. The summed E-state index contributed by atoms with van der Waals surface area (Å²) in [6, 6.07) is 13.6. The molecular weight excluding hydrogens is 418 g/mol. The van der Waals surface area contributed by atoms with Crippen LogP contribution >= 0.6 is 0 Å². The highest BCUT2D eigenvalue weighted by molar-refractivity contribution is 5.79. The molecule has 1 aromatic heterocycles. The molecule has 3 heterocycles. The fourth-order valence-corrected chi connectivity index (χ4v) is 4.58. The first-order valence-electron chi connectivity index (χ1n) is 11.2. The van der Waals surface area contributed by atoms with Gasteiger partial charge >= 0.3 is 0 Å². The van der Waals surface area contributed by atoms with E-state index in [1.807, 2.05) is 41.3 Å². The number of carbonyl (C=O) groups is 1. The first-order valence-corrected chi connectivity index (χ1v) is 11.2. The molecule has 0 bridgehead atoms. The van der Waals surface area contributed by atoms with Crippen molar-refractivity contribution in [2.75, 3.05) is 39.3 Å². The molecule has 1 atom stereocenters. The maximum absolute atomic E-state index is 12.8. The molecule has 5 rings (SSSR count). The molecule has 2 aliphatic heterocycles. The summed E-state index contributed by atoms with van der Waals surface area (Å²) in [5.41, 5.74) is 3.58. The maximum atomic E-state index is 12.8. The fourth-order valence-electron chi connectivity index (χ4n) is 4.58. The van der Waals surface area contributed by atoms with Gasteiger partial charge in [-0.3, -0.25) is 9.69 Å². The molecule has 1 fully saturated rings. The minimum Gasteiger partial charge on any atom is -0.504 e. The van der Waals surface area contributed by atoms with Gasteiger partial charge in [-0.15, -0.1) is 5.10 Å². The molecule has 1 saturated heterocycles. The summed E-state index contributed by atoms with van der Waals surface area (Å²) in [7, 11) is 0. The third kappa shape index (κ3) is 4.56. The third-order valence-corrected chi connectivity index (χ3v) is 6.41. The Bertz CT molecular complexity index is 1150. The van der Waals surface area contributed by atoms with Crippen LogP contribution in [0.3, 0.4) is 0 Å². The summed E-state index contributed by atoms with van der Waals surface area (Å²) < 4.78 is 7.39. The van der Waals surface area contributed by atoms with Crippen molar-refractivity contribution in [3.63, 3.8) is 0 Å². The molecule has 0 spiro atoms. The number of para-hydroxylation sites is 1. The predicted molar refractivity (Wildman–Crippen MR) is 121 cm³/mol. The number of rotatable bonds is 5. The highest BCUT2D eigenvalue weighted by atomic mass is 16.5. The van der Waals surface area contributed by atoms with Crippen molar-refractivity contribution in [3.05, 3.63) is 71.3 Å². The first kappa shape index (κ1) is 21.1. The lowest BCUT2D eigenvalue weighted by Crippen LogP contribution is -2.50. The van der Waals surface area contributed by atoms with Gasteiger partial charge in [0.05, 0.1) is 25.3 Å². The minimum atomic E-state index is 0.155. The van der Waals surface area contributed by atoms with Crippen LogP contribution in [0.2, 0.25) is 0 Å². The number of nitrogens with zero attached hydrogens (tertiary/aromatic N) is 7. The highest BCUT2D eigenvalue weighted by Crippen LogP contribution is 2.40. The molecule has 0 radical (unpaired) electrons. The summed E-state index contributed by atoms with van der Waals surface area (Å²) in [5, 5.41) is 11.2. The van der Waals surface area contributed by atoms with E-state index < -0.39 is 0 Å². The zero-order valence-electron chi connectivity index (χ0n) is 18.3. The number of piperazine rings is 1. The Labute approximate surface area is 192 Å². The first-order chi connectivity index (χ1) is 16.2. The monoisotopic (exact) mass is 443 g/mol. The van der Waals surface area contributed by atoms with E-state index in [-0.39, 0.29) is 5.91 Å². The molecule has 1 amide bonds. The Kier molecular flexibility index (Phi) is 6.00. The van der Waals surface area contributed by atoms with Crippen LogP contribution < -0.4 is 4.74 Å². The van der Waals surface area contributed by atoms with Crippen LogP contribution in [-0.4, -0.2) is 75.2 Å². The Balaban J connectivity index is 1.14. The van der Waals surface area contributed by atoms with E-state index in [1.54, 1.807) is 11.0 Å². The van der Waals surface area contributed by atoms with Crippen molar-refractivity contribution in [3.8, 4) is 11.4 Å². The number of benzene rings is 2. The van der Waals surface area contributed by atoms with Crippen molar-refractivity contribution in [1.82, 2.24) is 30.0 Å². The van der Waals surface area contributed by atoms with Gasteiger partial charge in [-0.1, -0.05) is 30.3 Å². The van der Waals surface area contributed by atoms with Crippen molar-refractivity contribution in [2.45, 2.75) is 18.8 Å². The lowest BCUT2D eigenvalue weighted by molar-refractivity contribution is -0.132. The van der Waals surface area contributed by atoms with Gasteiger partial charge in [-0.2, -0.15) is 0 Å². The van der Waals surface area contributed by atoms with Crippen molar-refractivity contribution >= 4 is 11.6 Å². The molecule has 3 aromatic rings. The van der Waals surface area contributed by atoms with Gasteiger partial charge in [-0.25, -0.2) is 9.53 Å². The van der Waals surface area contributed by atoms with Gasteiger partial charge in [0.15, 0.2) is 0 Å². The molecule has 0 saturated carbocycles. The average molecular weight is 444 g/mol. The van der Waals surface area contributed by atoms with Crippen molar-refractivity contribution in [1.29, 1.82) is 0 Å². The highest BCUT2D eigenvalue weighted by Gasteiger charge is 2.28. The van der Waals surface area contributed by atoms with Crippen LogP contribution in [0.15, 0.2) is 48.8 Å². The predicted octanol–water partition coefficient (Wildman–Crippen LogP) is 2.47. The van der Waals surface area contributed by atoms with Crippen LogP contribution in [0.4, 0.5) is 5.69 Å². The lowest BCUT2D eigenvalue weighted by Gasteiger charge is -2.38. The zero-order chi connectivity index (χ0) is 22.6. The molecule has 168 valence electrons. The molecule has 9 nitrogen and oxygen atoms in total. The third-order valence-electron chi connectivity index (χ3n) is 6.41. The summed E-state index contributed by atoms with van der Waals surface area (Å²) in [4.78, 5) is 20.8. The summed E-state index contributed by atoms with van der Waals surface area (Å²) in [5.74, 6) is 1.27. The van der Waals surface area contributed by atoms with E-state index in [9.17, 15) is 4.79 Å². The number of aromatic nitrogens is 4. The summed E-state index contributed by atoms with van der Waals surface area (Å²) >= 11 is 0. The number of hydrogen-bond acceptors (Lipinski definition) is 6. The SMILES string of the molecule is [C-]#[N+]c1cccc2c1OCCC2CN1CCN(C(=O)Cc2ccc(-n3cnnn3)cc2)CC1. The second kappa shape index (κ2) is 9.38. The number of ether oxygens (including phenoxy) is 1. The largest absolute Gasteiger partial charge is 0.504 e. The van der Waals surface area contributed by atoms with Crippen LogP contribution in [-0.2, 0) is 11.2 Å². The van der Waals surface area contributed by atoms with Gasteiger partial charge in [0.1, 0.15) is 12.1 Å². The van der Waals surface area contributed by atoms with E-state index in [1.165, 1.54) is 0 Å². The zero-order valence-corrected chi connectivity index (χ0v) is 18.3. The van der Waals surface area contributed by atoms with Gasteiger partial charge in [-0.05, 0) is 40.1 Å². The van der Waals surface area contributed by atoms with E-state index >= 15 is 0 Å². The van der Waals surface area contributed by atoms with Crippen molar-refractivity contribution < 1.29 is 9.53 Å². The Morgan fingerprint density at radius 2 is 1.94 bits per heavy atom. The van der Waals surface area contributed by atoms with E-state index in [0.29, 0.717) is 24.6 Å². The Morgan fingerprint density at radius 3 is 2.67 bits per heavy atom. The minimum absolute atomic E-state index is 0.155. The van der Waals surface area contributed by atoms with E-state index in [0.717, 1.165) is 61.7 Å². The van der Waals surface area contributed by atoms with Gasteiger partial charge in [0.2, 0.25) is 11.6 Å². The number of fused-ring (bicyclic) bond motifs is 1. The lowest BCUT2D eigenvalue weighted by atomic mass is 9.91. The molecule has 33 heavy (non-hydrogen) atoms. The molecule has 2 aliphatic rings. The number of tetrazole rings is 1. The Morgan fingerprint density at radius 1 is 1.12 bits per heavy atom. The molecule has 0 aliphatic carbocycles. The molecule has 2 aromatic carbocycles. The van der Waals surface area contributed by atoms with Crippen molar-refractivity contribution in [2.24, 2.45) is 0 Å².